The summed E-state index contributed by atoms with van der Waals surface area (Å²) >= 11 is 0. The summed E-state index contributed by atoms with van der Waals surface area (Å²) in [5, 5.41) is 3.88. The molecule has 144 valence electrons. The zero-order chi connectivity index (χ0) is 20.1. The number of anilines is 1. The Morgan fingerprint density at radius 3 is 2.68 bits per heavy atom. The number of aromatic nitrogens is 2. The fraction of sp³-hybridized carbons (Fsp3) is 0.167. The molecule has 7 nitrogen and oxygen atoms in total. The normalized spacial score (nSPS) is 18.6. The van der Waals surface area contributed by atoms with E-state index in [4.69, 9.17) is 4.74 Å². The maximum atomic E-state index is 14.0. The van der Waals surface area contributed by atoms with Crippen LogP contribution in [0.25, 0.3) is 11.0 Å². The van der Waals surface area contributed by atoms with Gasteiger partial charge in [-0.1, -0.05) is 18.2 Å². The average molecular weight is 390 g/mol. The number of para-hydroxylation sites is 2. The molecule has 1 aromatic heterocycles. The van der Waals surface area contributed by atoms with Crippen molar-refractivity contribution < 1.29 is 27.5 Å². The van der Waals surface area contributed by atoms with Crippen molar-refractivity contribution >= 4 is 28.8 Å². The highest BCUT2D eigenvalue weighted by atomic mass is 19.4. The number of hydrogen-bond donors (Lipinski definition) is 2. The van der Waals surface area contributed by atoms with Gasteiger partial charge in [0.1, 0.15) is 5.75 Å². The van der Waals surface area contributed by atoms with Crippen molar-refractivity contribution in [3.8, 4) is 5.75 Å². The van der Waals surface area contributed by atoms with Crippen molar-refractivity contribution in [2.45, 2.75) is 11.8 Å². The highest BCUT2D eigenvalue weighted by Crippen LogP contribution is 2.39. The van der Waals surface area contributed by atoms with Crippen molar-refractivity contribution in [3.05, 3.63) is 54.1 Å². The topological polar surface area (TPSA) is 85.2 Å². The second kappa shape index (κ2) is 5.98. The van der Waals surface area contributed by atoms with Gasteiger partial charge in [-0.25, -0.2) is 9.55 Å². The van der Waals surface area contributed by atoms with E-state index in [-0.39, 0.29) is 17.0 Å². The highest BCUT2D eigenvalue weighted by molar-refractivity contribution is 6.08. The SMILES string of the molecule is COc1cccc(C(=O)NC2(C(F)(F)F)Nc3nc4ccccc4n3C2=O)c1. The Hall–Kier alpha value is -3.56. The Balaban J connectivity index is 1.76. The van der Waals surface area contributed by atoms with E-state index in [0.717, 1.165) is 4.57 Å². The van der Waals surface area contributed by atoms with Crippen LogP contribution in [0.15, 0.2) is 48.5 Å². The number of nitrogens with zero attached hydrogens (tertiary/aromatic N) is 2. The van der Waals surface area contributed by atoms with Gasteiger partial charge in [-0.05, 0) is 30.3 Å². The third kappa shape index (κ3) is 2.48. The Kier molecular flexibility index (Phi) is 3.81. The molecule has 0 bridgehead atoms. The fourth-order valence-corrected chi connectivity index (χ4v) is 3.06. The number of nitrogens with one attached hydrogen (secondary N) is 2. The van der Waals surface area contributed by atoms with E-state index in [1.807, 2.05) is 0 Å². The van der Waals surface area contributed by atoms with Crippen LogP contribution < -0.4 is 15.4 Å². The molecule has 1 aliphatic heterocycles. The minimum absolute atomic E-state index is 0.0908. The van der Waals surface area contributed by atoms with E-state index < -0.39 is 23.7 Å². The van der Waals surface area contributed by atoms with Crippen LogP contribution in [0, 0.1) is 0 Å². The molecule has 0 fully saturated rings. The summed E-state index contributed by atoms with van der Waals surface area (Å²) in [5.74, 6) is -2.49. The molecule has 28 heavy (non-hydrogen) atoms. The summed E-state index contributed by atoms with van der Waals surface area (Å²) in [6, 6.07) is 11.8. The van der Waals surface area contributed by atoms with Gasteiger partial charge in [0.2, 0.25) is 5.95 Å². The first-order valence-corrected chi connectivity index (χ1v) is 8.10. The number of carbonyl (C=O) groups is 2. The molecule has 1 unspecified atom stereocenters. The number of benzene rings is 2. The van der Waals surface area contributed by atoms with Crippen LogP contribution in [0.4, 0.5) is 19.1 Å². The molecule has 0 radical (unpaired) electrons. The first-order valence-electron chi connectivity index (χ1n) is 8.10. The maximum absolute atomic E-state index is 14.0. The summed E-state index contributed by atoms with van der Waals surface area (Å²) in [6.07, 6.45) is -5.12. The lowest BCUT2D eigenvalue weighted by Crippen LogP contribution is -2.67. The van der Waals surface area contributed by atoms with Crippen molar-refractivity contribution in [1.29, 1.82) is 0 Å². The Morgan fingerprint density at radius 2 is 1.96 bits per heavy atom. The van der Waals surface area contributed by atoms with Gasteiger partial charge in [0.15, 0.2) is 0 Å². The summed E-state index contributed by atoms with van der Waals surface area (Å²) in [6.45, 7) is 0. The van der Waals surface area contributed by atoms with E-state index in [0.29, 0.717) is 11.3 Å². The molecule has 3 aromatic rings. The molecule has 4 rings (SSSR count). The van der Waals surface area contributed by atoms with E-state index >= 15 is 0 Å². The summed E-state index contributed by atoms with van der Waals surface area (Å²) in [4.78, 5) is 29.4. The molecule has 10 heteroatoms. The smallest absolute Gasteiger partial charge is 0.440 e. The zero-order valence-corrected chi connectivity index (χ0v) is 14.4. The molecule has 0 spiro atoms. The number of alkyl halides is 3. The second-order valence-corrected chi connectivity index (χ2v) is 6.12. The van der Waals surface area contributed by atoms with Gasteiger partial charge in [-0.15, -0.1) is 0 Å². The molecule has 0 saturated heterocycles. The highest BCUT2D eigenvalue weighted by Gasteiger charge is 2.66. The standard InChI is InChI=1S/C18H13F3N4O3/c1-28-11-6-4-5-10(9-11)14(26)23-17(18(19,20)21)15(27)25-13-8-3-2-7-12(13)22-16(25)24-17/h2-9H,1H3,(H,22,24)(H,23,26). The molecular weight excluding hydrogens is 377 g/mol. The van der Waals surface area contributed by atoms with Crippen molar-refractivity contribution in [3.63, 3.8) is 0 Å². The number of carbonyl (C=O) groups excluding carboxylic acids is 2. The van der Waals surface area contributed by atoms with Gasteiger partial charge in [-0.2, -0.15) is 13.2 Å². The van der Waals surface area contributed by atoms with Crippen LogP contribution in [0.5, 0.6) is 5.75 Å². The number of rotatable bonds is 3. The quantitative estimate of drug-likeness (QED) is 0.719. The van der Waals surface area contributed by atoms with Gasteiger partial charge >= 0.3 is 6.18 Å². The molecular formula is C18H13F3N4O3. The Morgan fingerprint density at radius 1 is 1.21 bits per heavy atom. The van der Waals surface area contributed by atoms with Crippen molar-refractivity contribution in [2.24, 2.45) is 0 Å². The minimum atomic E-state index is -5.12. The van der Waals surface area contributed by atoms with Crippen LogP contribution >= 0.6 is 0 Å². The monoisotopic (exact) mass is 390 g/mol. The summed E-state index contributed by atoms with van der Waals surface area (Å²) < 4.78 is 47.7. The van der Waals surface area contributed by atoms with Crippen LogP contribution in [0.1, 0.15) is 15.2 Å². The Labute approximate surface area is 156 Å². The number of amides is 1. The first kappa shape index (κ1) is 17.8. The molecule has 2 N–H and O–H groups in total. The fourth-order valence-electron chi connectivity index (χ4n) is 3.06. The zero-order valence-electron chi connectivity index (χ0n) is 14.4. The summed E-state index contributed by atoms with van der Waals surface area (Å²) in [5.41, 5.74) is -2.86. The van der Waals surface area contributed by atoms with E-state index in [1.165, 1.54) is 37.4 Å². The van der Waals surface area contributed by atoms with Crippen molar-refractivity contribution in [1.82, 2.24) is 14.9 Å². The predicted octanol–water partition coefficient (Wildman–Crippen LogP) is 2.80. The molecule has 2 heterocycles. The van der Waals surface area contributed by atoms with Gasteiger partial charge in [0, 0.05) is 5.56 Å². The molecule has 0 saturated carbocycles. The Bertz CT molecular complexity index is 1110. The van der Waals surface area contributed by atoms with E-state index in [1.54, 1.807) is 23.5 Å². The average Bonchev–Trinajstić information content (AvgIpc) is 3.16. The lowest BCUT2D eigenvalue weighted by molar-refractivity contribution is -0.169. The van der Waals surface area contributed by atoms with Crippen LogP contribution in [0.2, 0.25) is 0 Å². The lowest BCUT2D eigenvalue weighted by atomic mass is 10.1. The number of halogens is 3. The molecule has 1 atom stereocenters. The maximum Gasteiger partial charge on any atom is 0.440 e. The number of fused-ring (bicyclic) bond motifs is 3. The van der Waals surface area contributed by atoms with Gasteiger partial charge in [0.25, 0.3) is 17.5 Å². The van der Waals surface area contributed by atoms with Crippen LogP contribution in [-0.2, 0) is 0 Å². The van der Waals surface area contributed by atoms with E-state index in [2.05, 4.69) is 10.3 Å². The number of imidazole rings is 1. The lowest BCUT2D eigenvalue weighted by Gasteiger charge is -2.30. The van der Waals surface area contributed by atoms with Crippen molar-refractivity contribution in [2.75, 3.05) is 12.4 Å². The predicted molar refractivity (Wildman–Crippen MR) is 93.2 cm³/mol. The van der Waals surface area contributed by atoms with Crippen LogP contribution in [0.3, 0.4) is 0 Å². The molecule has 2 aromatic carbocycles. The molecule has 1 aliphatic rings. The minimum Gasteiger partial charge on any atom is -0.497 e. The third-order valence-corrected chi connectivity index (χ3v) is 4.44. The number of ether oxygens (including phenoxy) is 1. The molecule has 1 amide bonds. The number of methoxy groups -OCH3 is 1. The number of hydrogen-bond acceptors (Lipinski definition) is 5. The first-order chi connectivity index (χ1) is 13.3. The van der Waals surface area contributed by atoms with Gasteiger partial charge < -0.3 is 15.4 Å². The van der Waals surface area contributed by atoms with E-state index in [9.17, 15) is 22.8 Å². The summed E-state index contributed by atoms with van der Waals surface area (Å²) in [7, 11) is 1.36. The third-order valence-electron chi connectivity index (χ3n) is 4.44. The largest absolute Gasteiger partial charge is 0.497 e. The molecule has 0 aliphatic carbocycles. The van der Waals surface area contributed by atoms with Gasteiger partial charge in [-0.3, -0.25) is 9.59 Å². The van der Waals surface area contributed by atoms with Crippen LogP contribution in [-0.4, -0.2) is 40.3 Å². The second-order valence-electron chi connectivity index (χ2n) is 6.12. The van der Waals surface area contributed by atoms with Gasteiger partial charge in [0.05, 0.1) is 18.1 Å².